The maximum absolute atomic E-state index is 10.5. The number of carboxylic acid groups (broad SMARTS) is 2. The molecule has 0 spiro atoms. The van der Waals surface area contributed by atoms with Crippen molar-refractivity contribution in [1.82, 2.24) is 0 Å². The van der Waals surface area contributed by atoms with Gasteiger partial charge >= 0.3 is 0 Å². The number of hydrogen-bond donors (Lipinski definition) is 0. The van der Waals surface area contributed by atoms with E-state index in [-0.39, 0.29) is 17.4 Å². The summed E-state index contributed by atoms with van der Waals surface area (Å²) >= 11 is 2.97. The summed E-state index contributed by atoms with van der Waals surface area (Å²) in [7, 11) is 3.91. The molecule has 1 aromatic rings. The predicted molar refractivity (Wildman–Crippen MR) is 87.7 cm³/mol. The number of anilines is 1. The molecule has 5 nitrogen and oxygen atoms in total. The summed E-state index contributed by atoms with van der Waals surface area (Å²) in [6.07, 6.45) is -0.0318. The average Bonchev–Trinajstić information content (AvgIpc) is 2.45. The zero-order valence-electron chi connectivity index (χ0n) is 12.6. The van der Waals surface area contributed by atoms with Gasteiger partial charge in [-0.05, 0) is 42.0 Å². The molecule has 0 amide bonds. The summed E-state index contributed by atoms with van der Waals surface area (Å²) in [5.41, 5.74) is 2.11. The van der Waals surface area contributed by atoms with E-state index in [4.69, 9.17) is 0 Å². The number of benzene rings is 1. The Kier molecular flexibility index (Phi) is 8.19. The minimum Gasteiger partial charge on any atom is -0.550 e. The van der Waals surface area contributed by atoms with Crippen molar-refractivity contribution in [3.8, 4) is 0 Å². The molecule has 0 aliphatic heterocycles. The van der Waals surface area contributed by atoms with Crippen LogP contribution < -0.4 is 15.1 Å². The number of carbonyl (C=O) groups excluding carboxylic acids is 2. The van der Waals surface area contributed by atoms with Gasteiger partial charge in [0.2, 0.25) is 0 Å². The summed E-state index contributed by atoms with van der Waals surface area (Å²) in [5, 5.41) is 21.0. The first-order valence-electron chi connectivity index (χ1n) is 6.80. The number of thioether (sulfide) groups is 2. The van der Waals surface area contributed by atoms with E-state index in [0.717, 1.165) is 11.3 Å². The lowest BCUT2D eigenvalue weighted by Gasteiger charge is -2.19. The number of nitrogens with zero attached hydrogens (tertiary/aromatic N) is 1. The van der Waals surface area contributed by atoms with Gasteiger partial charge in [-0.2, -0.15) is 0 Å². The SMILES string of the molecule is CN(C)c1ccc(C(SCCC(=O)[O-])SCCC(=O)[O-])cc1. The maximum Gasteiger partial charge on any atom is 0.0751 e. The maximum atomic E-state index is 10.5. The smallest absolute Gasteiger partial charge is 0.0751 e. The standard InChI is InChI=1S/C15H21NO4S2/c1-16(2)12-5-3-11(4-6-12)15(21-9-7-13(17)18)22-10-8-14(19)20/h3-6,15H,7-10H2,1-2H3,(H,17,18)(H,19,20)/p-2. The van der Waals surface area contributed by atoms with Gasteiger partial charge in [-0.3, -0.25) is 0 Å². The third kappa shape index (κ3) is 7.09. The van der Waals surface area contributed by atoms with Crippen LogP contribution in [0.2, 0.25) is 0 Å². The molecule has 1 aromatic carbocycles. The van der Waals surface area contributed by atoms with Crippen LogP contribution in [0.3, 0.4) is 0 Å². The molecule has 0 fully saturated rings. The summed E-state index contributed by atoms with van der Waals surface area (Å²) in [5.74, 6) is -1.29. The zero-order chi connectivity index (χ0) is 16.5. The van der Waals surface area contributed by atoms with E-state index in [1.807, 2.05) is 43.3 Å². The van der Waals surface area contributed by atoms with Crippen LogP contribution in [-0.2, 0) is 9.59 Å². The van der Waals surface area contributed by atoms with Crippen molar-refractivity contribution in [2.75, 3.05) is 30.5 Å². The molecule has 0 saturated carbocycles. The van der Waals surface area contributed by atoms with Crippen LogP contribution in [0.25, 0.3) is 0 Å². The van der Waals surface area contributed by atoms with E-state index in [1.54, 1.807) is 0 Å². The quantitative estimate of drug-likeness (QED) is 0.573. The van der Waals surface area contributed by atoms with Crippen LogP contribution in [0.5, 0.6) is 0 Å². The van der Waals surface area contributed by atoms with E-state index >= 15 is 0 Å². The number of aliphatic carboxylic acids is 2. The molecule has 0 atom stereocenters. The molecule has 1 rings (SSSR count). The fourth-order valence-electron chi connectivity index (χ4n) is 1.67. The fourth-order valence-corrected chi connectivity index (χ4v) is 4.33. The summed E-state index contributed by atoms with van der Waals surface area (Å²) in [6.45, 7) is 0. The molecule has 0 unspecified atom stereocenters. The molecule has 22 heavy (non-hydrogen) atoms. The van der Waals surface area contributed by atoms with Gasteiger partial charge in [-0.15, -0.1) is 23.5 Å². The van der Waals surface area contributed by atoms with Crippen LogP contribution in [0, 0.1) is 0 Å². The van der Waals surface area contributed by atoms with Gasteiger partial charge < -0.3 is 24.7 Å². The Morgan fingerprint density at radius 3 is 1.82 bits per heavy atom. The van der Waals surface area contributed by atoms with Crippen LogP contribution in [-0.4, -0.2) is 37.5 Å². The molecule has 0 saturated heterocycles. The second kappa shape index (κ2) is 9.63. The largest absolute Gasteiger partial charge is 0.550 e. The minimum absolute atomic E-state index is 0.00471. The van der Waals surface area contributed by atoms with Crippen molar-refractivity contribution in [2.45, 2.75) is 17.4 Å². The molecule has 0 bridgehead atoms. The van der Waals surface area contributed by atoms with Gasteiger partial charge in [-0.25, -0.2) is 0 Å². The van der Waals surface area contributed by atoms with E-state index in [0.29, 0.717) is 11.5 Å². The summed E-state index contributed by atoms with van der Waals surface area (Å²) < 4.78 is -0.00471. The molecule has 122 valence electrons. The molecule has 0 N–H and O–H groups in total. The van der Waals surface area contributed by atoms with E-state index in [1.165, 1.54) is 23.5 Å². The predicted octanol–water partition coefficient (Wildman–Crippen LogP) is 0.498. The van der Waals surface area contributed by atoms with E-state index < -0.39 is 11.9 Å². The number of hydrogen-bond acceptors (Lipinski definition) is 7. The number of rotatable bonds is 10. The van der Waals surface area contributed by atoms with Gasteiger partial charge in [0.1, 0.15) is 0 Å². The molecule has 0 radical (unpaired) electrons. The Bertz CT molecular complexity index is 471. The summed E-state index contributed by atoms with van der Waals surface area (Å²) in [4.78, 5) is 23.0. The van der Waals surface area contributed by atoms with Gasteiger partial charge in [-0.1, -0.05) is 12.1 Å². The Hall–Kier alpha value is -1.34. The van der Waals surface area contributed by atoms with Crippen LogP contribution in [0.1, 0.15) is 23.0 Å². The Morgan fingerprint density at radius 1 is 1.00 bits per heavy atom. The first kappa shape index (κ1) is 18.7. The molecule has 0 aromatic heterocycles. The average molecular weight is 341 g/mol. The third-order valence-electron chi connectivity index (χ3n) is 2.83. The van der Waals surface area contributed by atoms with E-state index in [2.05, 4.69) is 0 Å². The highest BCUT2D eigenvalue weighted by Gasteiger charge is 2.13. The molecular formula is C15H19NO4S2-2. The molecular weight excluding hydrogens is 322 g/mol. The van der Waals surface area contributed by atoms with Crippen LogP contribution >= 0.6 is 23.5 Å². The van der Waals surface area contributed by atoms with Crippen molar-refractivity contribution in [3.05, 3.63) is 29.8 Å². The van der Waals surface area contributed by atoms with Gasteiger partial charge in [0, 0.05) is 31.7 Å². The van der Waals surface area contributed by atoms with Crippen molar-refractivity contribution in [3.63, 3.8) is 0 Å². The lowest BCUT2D eigenvalue weighted by Crippen LogP contribution is -2.23. The first-order valence-corrected chi connectivity index (χ1v) is 8.90. The van der Waals surface area contributed by atoms with Crippen LogP contribution in [0.4, 0.5) is 5.69 Å². The van der Waals surface area contributed by atoms with Crippen molar-refractivity contribution < 1.29 is 19.8 Å². The Morgan fingerprint density at radius 2 is 1.45 bits per heavy atom. The van der Waals surface area contributed by atoms with Gasteiger partial charge in [0.05, 0.1) is 4.58 Å². The fraction of sp³-hybridized carbons (Fsp3) is 0.467. The van der Waals surface area contributed by atoms with Crippen molar-refractivity contribution in [2.24, 2.45) is 0 Å². The normalized spacial score (nSPS) is 10.7. The highest BCUT2D eigenvalue weighted by Crippen LogP contribution is 2.40. The molecule has 0 aliphatic carbocycles. The number of carbonyl (C=O) groups is 2. The Labute approximate surface area is 139 Å². The highest BCUT2D eigenvalue weighted by molar-refractivity contribution is 8.16. The first-order chi connectivity index (χ1) is 10.4. The van der Waals surface area contributed by atoms with E-state index in [9.17, 15) is 19.8 Å². The second-order valence-corrected chi connectivity index (χ2v) is 7.53. The third-order valence-corrected chi connectivity index (χ3v) is 5.68. The second-order valence-electron chi connectivity index (χ2n) is 4.80. The monoisotopic (exact) mass is 341 g/mol. The van der Waals surface area contributed by atoms with Crippen molar-refractivity contribution in [1.29, 1.82) is 0 Å². The van der Waals surface area contributed by atoms with Crippen molar-refractivity contribution >= 4 is 41.1 Å². The number of carboxylic acids is 2. The molecule has 0 heterocycles. The lowest BCUT2D eigenvalue weighted by molar-refractivity contribution is -0.306. The van der Waals surface area contributed by atoms with Gasteiger partial charge in [0.15, 0.2) is 0 Å². The lowest BCUT2D eigenvalue weighted by atomic mass is 10.2. The highest BCUT2D eigenvalue weighted by atomic mass is 32.2. The topological polar surface area (TPSA) is 83.5 Å². The van der Waals surface area contributed by atoms with Crippen LogP contribution in [0.15, 0.2) is 24.3 Å². The van der Waals surface area contributed by atoms with Gasteiger partial charge in [0.25, 0.3) is 0 Å². The molecule has 0 aliphatic rings. The zero-order valence-corrected chi connectivity index (χ0v) is 14.2. The molecule has 7 heteroatoms. The summed E-state index contributed by atoms with van der Waals surface area (Å²) in [6, 6.07) is 7.94. The Balaban J connectivity index is 2.69. The minimum atomic E-state index is -1.08.